The summed E-state index contributed by atoms with van der Waals surface area (Å²) in [4.78, 5) is 19.1. The van der Waals surface area contributed by atoms with Crippen LogP contribution in [0.1, 0.15) is 44.6 Å². The fourth-order valence-corrected chi connectivity index (χ4v) is 4.68. The van der Waals surface area contributed by atoms with Crippen molar-refractivity contribution in [3.63, 3.8) is 0 Å². The van der Waals surface area contributed by atoms with E-state index in [1.165, 1.54) is 6.20 Å². The van der Waals surface area contributed by atoms with Crippen LogP contribution in [0.2, 0.25) is 0 Å². The van der Waals surface area contributed by atoms with E-state index in [2.05, 4.69) is 15.3 Å². The molecule has 6 nitrogen and oxygen atoms in total. The first-order valence-corrected chi connectivity index (χ1v) is 10.4. The number of hydrogen-bond acceptors (Lipinski definition) is 4. The summed E-state index contributed by atoms with van der Waals surface area (Å²) in [6.45, 7) is 1.79. The molecule has 9 heteroatoms. The highest BCUT2D eigenvalue weighted by Gasteiger charge is 2.46. The van der Waals surface area contributed by atoms with Gasteiger partial charge in [0.1, 0.15) is 17.7 Å². The Labute approximate surface area is 182 Å². The third-order valence-corrected chi connectivity index (χ3v) is 6.46. The zero-order valence-electron chi connectivity index (χ0n) is 17.3. The molecular weight excluding hydrogens is 421 g/mol. The summed E-state index contributed by atoms with van der Waals surface area (Å²) in [6, 6.07) is 4.15. The summed E-state index contributed by atoms with van der Waals surface area (Å²) in [5.41, 5.74) is -0.855. The van der Waals surface area contributed by atoms with E-state index in [9.17, 15) is 28.3 Å². The molecule has 1 aromatic carbocycles. The number of aliphatic carboxylic acids is 1. The molecule has 3 N–H and O–H groups in total. The fourth-order valence-electron chi connectivity index (χ4n) is 4.68. The van der Waals surface area contributed by atoms with Crippen molar-refractivity contribution < 1.29 is 23.1 Å². The lowest BCUT2D eigenvalue weighted by Gasteiger charge is -2.40. The van der Waals surface area contributed by atoms with E-state index < -0.39 is 34.9 Å². The number of pyridine rings is 1. The van der Waals surface area contributed by atoms with Gasteiger partial charge in [-0.25, -0.2) is 18.2 Å². The van der Waals surface area contributed by atoms with Gasteiger partial charge in [0.2, 0.25) is 0 Å². The number of nitrogens with one attached hydrogen (secondary N) is 2. The van der Waals surface area contributed by atoms with Crippen molar-refractivity contribution >= 4 is 22.7 Å². The number of nitriles is 1. The van der Waals surface area contributed by atoms with E-state index in [4.69, 9.17) is 0 Å². The Bertz CT molecular complexity index is 1250. The van der Waals surface area contributed by atoms with Crippen molar-refractivity contribution in [1.82, 2.24) is 9.97 Å². The number of H-pyrrole nitrogens is 1. The minimum Gasteiger partial charge on any atom is -0.481 e. The van der Waals surface area contributed by atoms with E-state index in [1.54, 1.807) is 6.92 Å². The number of halogens is 3. The lowest BCUT2D eigenvalue weighted by atomic mass is 9.68. The predicted octanol–water partition coefficient (Wildman–Crippen LogP) is 5.35. The number of aromatic amines is 1. The Morgan fingerprint density at radius 1 is 1.31 bits per heavy atom. The number of rotatable bonds is 5. The molecule has 2 atom stereocenters. The molecule has 1 fully saturated rings. The maximum absolute atomic E-state index is 14.9. The third-order valence-electron chi connectivity index (χ3n) is 6.46. The molecule has 0 spiro atoms. The van der Waals surface area contributed by atoms with Gasteiger partial charge < -0.3 is 15.4 Å². The van der Waals surface area contributed by atoms with Crippen molar-refractivity contribution in [2.75, 3.05) is 5.32 Å². The highest BCUT2D eigenvalue weighted by molar-refractivity contribution is 5.96. The van der Waals surface area contributed by atoms with Crippen LogP contribution in [0.15, 0.2) is 24.4 Å². The zero-order chi connectivity index (χ0) is 23.0. The van der Waals surface area contributed by atoms with Crippen LogP contribution in [0.3, 0.4) is 0 Å². The van der Waals surface area contributed by atoms with Gasteiger partial charge in [-0.3, -0.25) is 4.79 Å². The van der Waals surface area contributed by atoms with Crippen LogP contribution in [0, 0.1) is 34.2 Å². The first-order valence-electron chi connectivity index (χ1n) is 10.4. The molecule has 0 bridgehead atoms. The van der Waals surface area contributed by atoms with Gasteiger partial charge in [-0.05, 0) is 31.4 Å². The Morgan fingerprint density at radius 3 is 2.78 bits per heavy atom. The van der Waals surface area contributed by atoms with Crippen molar-refractivity contribution in [2.45, 2.75) is 45.1 Å². The Balaban J connectivity index is 1.83. The van der Waals surface area contributed by atoms with Crippen molar-refractivity contribution in [2.24, 2.45) is 5.41 Å². The number of carbonyl (C=O) groups is 1. The number of carboxylic acid groups (broad SMARTS) is 1. The highest BCUT2D eigenvalue weighted by atomic mass is 19.1. The maximum Gasteiger partial charge on any atom is 0.311 e. The zero-order valence-corrected chi connectivity index (χ0v) is 17.3. The molecule has 0 radical (unpaired) electrons. The molecular formula is C23H21F3N4O2. The minimum absolute atomic E-state index is 0.0362. The molecule has 166 valence electrons. The van der Waals surface area contributed by atoms with Gasteiger partial charge in [-0.15, -0.1) is 0 Å². The van der Waals surface area contributed by atoms with Crippen LogP contribution in [0.25, 0.3) is 22.2 Å². The predicted molar refractivity (Wildman–Crippen MR) is 112 cm³/mol. The summed E-state index contributed by atoms with van der Waals surface area (Å²) in [7, 11) is 0. The average molecular weight is 442 g/mol. The van der Waals surface area contributed by atoms with Crippen molar-refractivity contribution in [3.05, 3.63) is 47.4 Å². The van der Waals surface area contributed by atoms with Crippen molar-refractivity contribution in [3.8, 4) is 17.3 Å². The second kappa shape index (κ2) is 8.19. The minimum atomic E-state index is -1.06. The van der Waals surface area contributed by atoms with Crippen molar-refractivity contribution in [1.29, 1.82) is 5.26 Å². The molecule has 0 amide bonds. The SMILES string of the molecule is CCC1(C(=O)O)CCCC[C@H]1Nc1nc(-c2c[nH]c3c(F)cc(F)cc23)c(C#N)cc1F. The molecule has 2 aromatic heterocycles. The molecule has 32 heavy (non-hydrogen) atoms. The summed E-state index contributed by atoms with van der Waals surface area (Å²) in [6.07, 6.45) is 4.29. The number of anilines is 1. The van der Waals surface area contributed by atoms with Gasteiger partial charge >= 0.3 is 5.97 Å². The fraction of sp³-hybridized carbons (Fsp3) is 0.348. The third kappa shape index (κ3) is 3.45. The molecule has 4 rings (SSSR count). The van der Waals surface area contributed by atoms with Gasteiger partial charge in [-0.1, -0.05) is 19.8 Å². The Hall–Kier alpha value is -3.54. The quantitative estimate of drug-likeness (QED) is 0.494. The molecule has 1 aliphatic rings. The first kappa shape index (κ1) is 21.7. The molecule has 0 saturated heterocycles. The van der Waals surface area contributed by atoms with E-state index in [0.717, 1.165) is 31.0 Å². The number of fused-ring (bicyclic) bond motifs is 1. The number of benzene rings is 1. The van der Waals surface area contributed by atoms with Crippen LogP contribution in [0.5, 0.6) is 0 Å². The summed E-state index contributed by atoms with van der Waals surface area (Å²) in [5, 5.41) is 22.5. The number of hydrogen-bond donors (Lipinski definition) is 3. The maximum atomic E-state index is 14.9. The lowest BCUT2D eigenvalue weighted by Crippen LogP contribution is -2.48. The molecule has 3 aromatic rings. The van der Waals surface area contributed by atoms with Gasteiger partial charge in [0.15, 0.2) is 11.6 Å². The number of aromatic nitrogens is 2. The van der Waals surface area contributed by atoms with E-state index >= 15 is 0 Å². The van der Waals surface area contributed by atoms with Crippen LogP contribution >= 0.6 is 0 Å². The number of carboxylic acids is 1. The molecule has 1 unspecified atom stereocenters. The number of nitrogens with zero attached hydrogens (tertiary/aromatic N) is 2. The summed E-state index contributed by atoms with van der Waals surface area (Å²) in [5.74, 6) is -3.55. The molecule has 0 aliphatic heterocycles. The van der Waals surface area contributed by atoms with Gasteiger partial charge in [0, 0.05) is 29.3 Å². The summed E-state index contributed by atoms with van der Waals surface area (Å²) < 4.78 is 42.8. The first-order chi connectivity index (χ1) is 15.3. The van der Waals surface area contributed by atoms with E-state index in [0.29, 0.717) is 19.3 Å². The largest absolute Gasteiger partial charge is 0.481 e. The topological polar surface area (TPSA) is 102 Å². The summed E-state index contributed by atoms with van der Waals surface area (Å²) >= 11 is 0. The van der Waals surface area contributed by atoms with Crippen LogP contribution < -0.4 is 5.32 Å². The van der Waals surface area contributed by atoms with Crippen LogP contribution in [0.4, 0.5) is 19.0 Å². The molecule has 1 aliphatic carbocycles. The molecule has 2 heterocycles. The standard InChI is InChI=1S/C23H21F3N4O2/c1-2-23(22(31)32)6-4-3-5-18(23)29-21-17(26)7-12(10-27)19(30-21)15-11-28-20-14(15)8-13(24)9-16(20)25/h7-9,11,18,28H,2-6H2,1H3,(H,29,30)(H,31,32)/t18-,23?/m1/s1. The molecule has 1 saturated carbocycles. The highest BCUT2D eigenvalue weighted by Crippen LogP contribution is 2.42. The van der Waals surface area contributed by atoms with Crippen LogP contribution in [-0.2, 0) is 4.79 Å². The van der Waals surface area contributed by atoms with Gasteiger partial charge in [0.25, 0.3) is 0 Å². The van der Waals surface area contributed by atoms with Crippen LogP contribution in [-0.4, -0.2) is 27.1 Å². The second-order valence-corrected chi connectivity index (χ2v) is 8.10. The van der Waals surface area contributed by atoms with E-state index in [-0.39, 0.29) is 33.5 Å². The second-order valence-electron chi connectivity index (χ2n) is 8.10. The Kier molecular flexibility index (Phi) is 5.55. The Morgan fingerprint density at radius 2 is 2.09 bits per heavy atom. The van der Waals surface area contributed by atoms with Gasteiger partial charge in [-0.2, -0.15) is 5.26 Å². The monoisotopic (exact) mass is 442 g/mol. The lowest BCUT2D eigenvalue weighted by molar-refractivity contribution is -0.152. The normalized spacial score (nSPS) is 20.8. The van der Waals surface area contributed by atoms with Gasteiger partial charge in [0.05, 0.1) is 22.2 Å². The smallest absolute Gasteiger partial charge is 0.311 e. The average Bonchev–Trinajstić information content (AvgIpc) is 3.19. The van der Waals surface area contributed by atoms with E-state index in [1.807, 2.05) is 6.07 Å².